The van der Waals surface area contributed by atoms with Crippen LogP contribution in [0.4, 0.5) is 5.69 Å². The Labute approximate surface area is 167 Å². The number of benzene rings is 1. The summed E-state index contributed by atoms with van der Waals surface area (Å²) in [5.41, 5.74) is 0.381. The van der Waals surface area contributed by atoms with Crippen LogP contribution in [0.1, 0.15) is 33.6 Å². The average Bonchev–Trinajstić information content (AvgIpc) is 2.88. The number of halogens is 2. The minimum Gasteiger partial charge on any atom is -0.350 e. The van der Waals surface area contributed by atoms with Crippen LogP contribution in [-0.4, -0.2) is 23.0 Å². The van der Waals surface area contributed by atoms with Crippen LogP contribution in [0.2, 0.25) is 10.0 Å². The van der Waals surface area contributed by atoms with Crippen molar-refractivity contribution in [2.75, 3.05) is 0 Å². The van der Waals surface area contributed by atoms with Gasteiger partial charge in [0, 0.05) is 12.1 Å². The first-order chi connectivity index (χ1) is 12.3. The van der Waals surface area contributed by atoms with Gasteiger partial charge in [-0.25, -0.2) is 4.99 Å². The molecule has 1 unspecified atom stereocenters. The van der Waals surface area contributed by atoms with Gasteiger partial charge in [0.15, 0.2) is 5.17 Å². The molecule has 1 aliphatic heterocycles. The monoisotopic (exact) mass is 413 g/mol. The molecule has 140 valence electrons. The molecule has 1 atom stereocenters. The zero-order valence-corrected chi connectivity index (χ0v) is 17.1. The highest BCUT2D eigenvalue weighted by molar-refractivity contribution is 8.18. The fourth-order valence-corrected chi connectivity index (χ4v) is 3.52. The molecule has 0 spiro atoms. The van der Waals surface area contributed by atoms with Gasteiger partial charge in [-0.15, -0.1) is 0 Å². The molecule has 2 N–H and O–H groups in total. The van der Waals surface area contributed by atoms with Gasteiger partial charge in [-0.1, -0.05) is 43.1 Å². The molecule has 0 bridgehead atoms. The molecule has 1 aromatic carbocycles. The molecule has 2 rings (SSSR count). The van der Waals surface area contributed by atoms with Gasteiger partial charge in [-0.05, 0) is 49.6 Å². The third-order valence-electron chi connectivity index (χ3n) is 3.63. The number of carbonyl (C=O) groups excluding carboxylic acids is 2. The minimum atomic E-state index is -0.373. The predicted octanol–water partition coefficient (Wildman–Crippen LogP) is 4.67. The maximum atomic E-state index is 12.1. The van der Waals surface area contributed by atoms with Crippen LogP contribution in [-0.2, 0) is 9.59 Å². The number of aliphatic imine (C=N–C) groups is 1. The molecule has 2 amide bonds. The van der Waals surface area contributed by atoms with E-state index in [0.717, 1.165) is 24.6 Å². The molecule has 1 aliphatic rings. The van der Waals surface area contributed by atoms with Crippen LogP contribution >= 0.6 is 35.0 Å². The van der Waals surface area contributed by atoms with E-state index in [-0.39, 0.29) is 22.8 Å². The maximum absolute atomic E-state index is 12.1. The zero-order valence-electron chi connectivity index (χ0n) is 14.8. The number of hydrogen-bond acceptors (Lipinski definition) is 4. The van der Waals surface area contributed by atoms with E-state index in [9.17, 15) is 9.59 Å². The van der Waals surface area contributed by atoms with Crippen molar-refractivity contribution in [2.45, 2.75) is 39.7 Å². The minimum absolute atomic E-state index is 0.0475. The first-order valence-corrected chi connectivity index (χ1v) is 9.87. The quantitative estimate of drug-likeness (QED) is 0.665. The largest absolute Gasteiger partial charge is 0.350 e. The molecule has 1 aromatic rings. The first-order valence-electron chi connectivity index (χ1n) is 8.30. The van der Waals surface area contributed by atoms with Gasteiger partial charge in [-0.2, -0.15) is 0 Å². The predicted molar refractivity (Wildman–Crippen MR) is 109 cm³/mol. The van der Waals surface area contributed by atoms with Crippen molar-refractivity contribution in [3.63, 3.8) is 0 Å². The maximum Gasteiger partial charge on any atom is 0.264 e. The number of hydrogen-bond donors (Lipinski definition) is 2. The molecule has 1 heterocycles. The number of nitrogens with zero attached hydrogens (tertiary/aromatic N) is 1. The van der Waals surface area contributed by atoms with Crippen LogP contribution in [0.3, 0.4) is 0 Å². The number of thioether (sulfide) groups is 1. The Morgan fingerprint density at radius 3 is 2.54 bits per heavy atom. The Balaban J connectivity index is 2.03. The Morgan fingerprint density at radius 2 is 1.92 bits per heavy atom. The summed E-state index contributed by atoms with van der Waals surface area (Å²) in [6, 6.07) is 5.09. The average molecular weight is 414 g/mol. The van der Waals surface area contributed by atoms with Crippen LogP contribution in [0.25, 0.3) is 0 Å². The highest BCUT2D eigenvalue weighted by atomic mass is 35.5. The molecule has 26 heavy (non-hydrogen) atoms. The normalized spacial score (nSPS) is 18.5. The lowest BCUT2D eigenvalue weighted by atomic mass is 10.0. The summed E-state index contributed by atoms with van der Waals surface area (Å²) in [5, 5.41) is 6.59. The molecule has 1 saturated heterocycles. The Hall–Kier alpha value is -1.50. The van der Waals surface area contributed by atoms with Crippen molar-refractivity contribution in [3.05, 3.63) is 39.2 Å². The van der Waals surface area contributed by atoms with Gasteiger partial charge < -0.3 is 10.6 Å². The van der Waals surface area contributed by atoms with Gasteiger partial charge in [-0.3, -0.25) is 9.59 Å². The molecule has 0 aliphatic carbocycles. The van der Waals surface area contributed by atoms with E-state index in [0.29, 0.717) is 26.8 Å². The Kier molecular flexibility index (Phi) is 7.55. The van der Waals surface area contributed by atoms with Crippen molar-refractivity contribution >= 4 is 57.6 Å². The van der Waals surface area contributed by atoms with E-state index in [1.54, 1.807) is 18.2 Å². The smallest absolute Gasteiger partial charge is 0.264 e. The van der Waals surface area contributed by atoms with E-state index >= 15 is 0 Å². The number of nitrogens with one attached hydrogen (secondary N) is 2. The first kappa shape index (κ1) is 20.8. The number of rotatable bonds is 6. The van der Waals surface area contributed by atoms with E-state index in [1.165, 1.54) is 6.08 Å². The molecular weight excluding hydrogens is 393 g/mol. The highest BCUT2D eigenvalue weighted by Gasteiger charge is 2.25. The Bertz CT molecular complexity index is 743. The molecule has 8 heteroatoms. The van der Waals surface area contributed by atoms with Crippen molar-refractivity contribution in [2.24, 2.45) is 10.9 Å². The molecule has 0 aromatic heterocycles. The van der Waals surface area contributed by atoms with Crippen LogP contribution < -0.4 is 10.6 Å². The summed E-state index contributed by atoms with van der Waals surface area (Å²) in [7, 11) is 0. The van der Waals surface area contributed by atoms with Crippen molar-refractivity contribution < 1.29 is 9.59 Å². The van der Waals surface area contributed by atoms with Gasteiger partial charge in [0.25, 0.3) is 5.91 Å². The second-order valence-corrected chi connectivity index (χ2v) is 8.28. The molecule has 5 nitrogen and oxygen atoms in total. The fourth-order valence-electron chi connectivity index (χ4n) is 2.24. The lowest BCUT2D eigenvalue weighted by Crippen LogP contribution is -2.31. The van der Waals surface area contributed by atoms with Crippen molar-refractivity contribution in [3.8, 4) is 0 Å². The third kappa shape index (κ3) is 6.04. The van der Waals surface area contributed by atoms with Gasteiger partial charge >= 0.3 is 0 Å². The number of carbonyl (C=O) groups is 2. The van der Waals surface area contributed by atoms with E-state index < -0.39 is 0 Å². The fraction of sp³-hybridized carbons (Fsp3) is 0.389. The number of amidine groups is 1. The van der Waals surface area contributed by atoms with Crippen LogP contribution in [0.15, 0.2) is 34.2 Å². The standard InChI is InChI=1S/C18H21Cl2N3O2S/c1-10(2)7-8-11(3)21-15(24)9-14-17(25)23-18(26-14)22-16-12(19)5-4-6-13(16)20/h4-6,9-11H,7-8H2,1-3H3,(H,21,24)(H,22,23,25)/b14-9-. The number of amides is 2. The van der Waals surface area contributed by atoms with Crippen molar-refractivity contribution in [1.82, 2.24) is 10.6 Å². The SMILES string of the molecule is CC(C)CCC(C)NC(=O)/C=C1\SC(=Nc2c(Cl)cccc2Cl)NC1=O. The summed E-state index contributed by atoms with van der Waals surface area (Å²) >= 11 is 13.2. The summed E-state index contributed by atoms with van der Waals surface area (Å²) in [4.78, 5) is 28.7. The molecule has 0 saturated carbocycles. The Morgan fingerprint density at radius 1 is 1.27 bits per heavy atom. The highest BCUT2D eigenvalue weighted by Crippen LogP contribution is 2.35. The summed E-state index contributed by atoms with van der Waals surface area (Å²) in [6.07, 6.45) is 3.22. The molecular formula is C18H21Cl2N3O2S. The van der Waals surface area contributed by atoms with Crippen molar-refractivity contribution in [1.29, 1.82) is 0 Å². The van der Waals surface area contributed by atoms with Crippen LogP contribution in [0.5, 0.6) is 0 Å². The lowest BCUT2D eigenvalue weighted by molar-refractivity contribution is -0.118. The molecule has 1 fully saturated rings. The topological polar surface area (TPSA) is 70.6 Å². The summed E-state index contributed by atoms with van der Waals surface area (Å²) in [5.74, 6) is -0.0860. The second kappa shape index (κ2) is 9.44. The summed E-state index contributed by atoms with van der Waals surface area (Å²) < 4.78 is 0. The zero-order chi connectivity index (χ0) is 19.3. The third-order valence-corrected chi connectivity index (χ3v) is 5.15. The summed E-state index contributed by atoms with van der Waals surface area (Å²) in [6.45, 7) is 6.23. The lowest BCUT2D eigenvalue weighted by Gasteiger charge is -2.13. The van der Waals surface area contributed by atoms with E-state index in [2.05, 4.69) is 29.5 Å². The molecule has 0 radical (unpaired) electrons. The van der Waals surface area contributed by atoms with Crippen LogP contribution in [0, 0.1) is 5.92 Å². The van der Waals surface area contributed by atoms with Gasteiger partial charge in [0.1, 0.15) is 5.69 Å². The number of para-hydroxylation sites is 1. The van der Waals surface area contributed by atoms with Gasteiger partial charge in [0.2, 0.25) is 5.91 Å². The van der Waals surface area contributed by atoms with E-state index in [1.807, 2.05) is 6.92 Å². The van der Waals surface area contributed by atoms with Gasteiger partial charge in [0.05, 0.1) is 15.0 Å². The second-order valence-electron chi connectivity index (χ2n) is 6.43. The van der Waals surface area contributed by atoms with E-state index in [4.69, 9.17) is 23.2 Å².